The van der Waals surface area contributed by atoms with Crippen LogP contribution >= 0.6 is 0 Å². The van der Waals surface area contributed by atoms with Gasteiger partial charge in [0.15, 0.2) is 16.9 Å². The number of phenolic OH excluding ortho intramolecular Hbond substituents is 2. The van der Waals surface area contributed by atoms with Crippen LogP contribution < -0.4 is 19.6 Å². The van der Waals surface area contributed by atoms with E-state index >= 15 is 0 Å². The van der Waals surface area contributed by atoms with Crippen molar-refractivity contribution in [3.05, 3.63) is 75.9 Å². The Labute approximate surface area is 206 Å². The first-order valence-corrected chi connectivity index (χ1v) is 11.4. The number of carbonyl (C=O) groups is 1. The molecule has 3 aromatic carbocycles. The molecule has 0 saturated carbocycles. The lowest BCUT2D eigenvalue weighted by Crippen LogP contribution is -2.22. The molecular weight excluding hydrogens is 464 g/mol. The van der Waals surface area contributed by atoms with Gasteiger partial charge in [-0.05, 0) is 38.1 Å². The zero-order valence-electron chi connectivity index (χ0n) is 19.9. The van der Waals surface area contributed by atoms with E-state index < -0.39 is 17.3 Å². The number of ether oxygens (including phenoxy) is 3. The summed E-state index contributed by atoms with van der Waals surface area (Å²) in [5.74, 6) is -0.377. The van der Waals surface area contributed by atoms with Crippen LogP contribution in [-0.4, -0.2) is 29.4 Å². The van der Waals surface area contributed by atoms with E-state index in [9.17, 15) is 19.8 Å². The second-order valence-corrected chi connectivity index (χ2v) is 8.81. The predicted octanol–water partition coefficient (Wildman–Crippen LogP) is 5.11. The highest BCUT2D eigenvalue weighted by Crippen LogP contribution is 2.48. The van der Waals surface area contributed by atoms with Gasteiger partial charge in [0.05, 0.1) is 19.6 Å². The summed E-state index contributed by atoms with van der Waals surface area (Å²) < 4.78 is 22.8. The van der Waals surface area contributed by atoms with Gasteiger partial charge in [0, 0.05) is 34.7 Å². The number of rotatable bonds is 5. The molecule has 184 valence electrons. The average Bonchev–Trinajstić information content (AvgIpc) is 2.83. The standard InChI is InChI=1S/C28H24O8/c1-14(2)34-21-7-5-4-6-16(21)17-11-25(32)35-24-13-20(31)27-19(30)12-23(36-28(27)26(17)24)15-8-9-22(33-3)18(29)10-15/h4-10,12-14,17,29,31H,11H2,1-3H3/t17-/m0/s1. The van der Waals surface area contributed by atoms with Crippen molar-refractivity contribution < 1.29 is 33.6 Å². The molecule has 36 heavy (non-hydrogen) atoms. The minimum Gasteiger partial charge on any atom is -0.507 e. The molecule has 0 radical (unpaired) electrons. The van der Waals surface area contributed by atoms with Gasteiger partial charge < -0.3 is 28.8 Å². The van der Waals surface area contributed by atoms with E-state index in [2.05, 4.69) is 0 Å². The van der Waals surface area contributed by atoms with Gasteiger partial charge in [-0.3, -0.25) is 9.59 Å². The number of benzene rings is 3. The number of hydrogen-bond acceptors (Lipinski definition) is 8. The van der Waals surface area contributed by atoms with Crippen LogP contribution in [0.15, 0.2) is 63.8 Å². The van der Waals surface area contributed by atoms with E-state index in [0.29, 0.717) is 16.9 Å². The molecule has 8 heteroatoms. The van der Waals surface area contributed by atoms with Crippen LogP contribution in [0.2, 0.25) is 0 Å². The summed E-state index contributed by atoms with van der Waals surface area (Å²) in [5.41, 5.74) is 1.23. The minimum atomic E-state index is -0.554. The molecular formula is C28H24O8. The molecule has 0 bridgehead atoms. The summed E-state index contributed by atoms with van der Waals surface area (Å²) in [7, 11) is 1.43. The van der Waals surface area contributed by atoms with E-state index in [1.807, 2.05) is 38.1 Å². The van der Waals surface area contributed by atoms with Crippen molar-refractivity contribution in [1.82, 2.24) is 0 Å². The maximum absolute atomic E-state index is 13.2. The highest BCUT2D eigenvalue weighted by atomic mass is 16.5. The first kappa shape index (κ1) is 23.3. The van der Waals surface area contributed by atoms with Crippen molar-refractivity contribution >= 4 is 16.9 Å². The van der Waals surface area contributed by atoms with E-state index in [1.54, 1.807) is 12.1 Å². The van der Waals surface area contributed by atoms with Gasteiger partial charge in [0.2, 0.25) is 0 Å². The van der Waals surface area contributed by atoms with Crippen molar-refractivity contribution in [3.8, 4) is 40.1 Å². The maximum atomic E-state index is 13.2. The molecule has 0 saturated heterocycles. The maximum Gasteiger partial charge on any atom is 0.312 e. The molecule has 1 aliphatic heterocycles. The highest BCUT2D eigenvalue weighted by Gasteiger charge is 2.35. The molecule has 0 fully saturated rings. The molecule has 0 unspecified atom stereocenters. The SMILES string of the molecule is COc1ccc(-c2cc(=O)c3c(O)cc4c(c3o2)[C@H](c2ccccc2OC(C)C)CC(=O)O4)cc1O. The second-order valence-electron chi connectivity index (χ2n) is 8.81. The molecule has 1 atom stereocenters. The zero-order chi connectivity index (χ0) is 25.6. The van der Waals surface area contributed by atoms with Gasteiger partial charge in [-0.1, -0.05) is 18.2 Å². The third-order valence-corrected chi connectivity index (χ3v) is 6.05. The molecule has 0 spiro atoms. The third kappa shape index (κ3) is 4.00. The number of carbonyl (C=O) groups excluding carboxylic acids is 1. The fourth-order valence-electron chi connectivity index (χ4n) is 4.54. The molecule has 2 N–H and O–H groups in total. The number of para-hydroxylation sites is 1. The molecule has 4 aromatic rings. The van der Waals surface area contributed by atoms with Crippen molar-refractivity contribution in [1.29, 1.82) is 0 Å². The van der Waals surface area contributed by atoms with E-state index in [4.69, 9.17) is 18.6 Å². The molecule has 5 rings (SSSR count). The largest absolute Gasteiger partial charge is 0.507 e. The minimum absolute atomic E-state index is 0.0113. The summed E-state index contributed by atoms with van der Waals surface area (Å²) in [6, 6.07) is 14.5. The fraction of sp³-hybridized carbons (Fsp3) is 0.214. The normalized spacial score (nSPS) is 15.0. The first-order valence-electron chi connectivity index (χ1n) is 11.4. The van der Waals surface area contributed by atoms with Crippen LogP contribution in [0, 0.1) is 0 Å². The fourth-order valence-corrected chi connectivity index (χ4v) is 4.54. The van der Waals surface area contributed by atoms with Crippen LogP contribution in [-0.2, 0) is 4.79 Å². The molecule has 8 nitrogen and oxygen atoms in total. The van der Waals surface area contributed by atoms with Gasteiger partial charge >= 0.3 is 5.97 Å². The summed E-state index contributed by atoms with van der Waals surface area (Å²) in [6.45, 7) is 3.81. The predicted molar refractivity (Wildman–Crippen MR) is 132 cm³/mol. The molecule has 0 aliphatic carbocycles. The Morgan fingerprint density at radius 3 is 2.47 bits per heavy atom. The van der Waals surface area contributed by atoms with Crippen molar-refractivity contribution in [2.75, 3.05) is 7.11 Å². The van der Waals surface area contributed by atoms with E-state index in [1.165, 1.54) is 25.3 Å². The monoisotopic (exact) mass is 488 g/mol. The topological polar surface area (TPSA) is 115 Å². The Kier molecular flexibility index (Phi) is 5.80. The highest BCUT2D eigenvalue weighted by molar-refractivity contribution is 5.93. The van der Waals surface area contributed by atoms with E-state index in [0.717, 1.165) is 5.56 Å². The van der Waals surface area contributed by atoms with Crippen molar-refractivity contribution in [2.24, 2.45) is 0 Å². The van der Waals surface area contributed by atoms with E-state index in [-0.39, 0.29) is 52.3 Å². The smallest absolute Gasteiger partial charge is 0.312 e. The Bertz CT molecular complexity index is 1550. The average molecular weight is 488 g/mol. The number of esters is 1. The van der Waals surface area contributed by atoms with Crippen molar-refractivity contribution in [3.63, 3.8) is 0 Å². The van der Waals surface area contributed by atoms with Gasteiger partial charge in [0.1, 0.15) is 34.0 Å². The molecule has 1 aromatic heterocycles. The van der Waals surface area contributed by atoms with Gasteiger partial charge in [-0.15, -0.1) is 0 Å². The lowest BCUT2D eigenvalue weighted by molar-refractivity contribution is -0.135. The van der Waals surface area contributed by atoms with Gasteiger partial charge in [0.25, 0.3) is 0 Å². The number of fused-ring (bicyclic) bond motifs is 3. The summed E-state index contributed by atoms with van der Waals surface area (Å²) in [4.78, 5) is 25.7. The van der Waals surface area contributed by atoms with Crippen LogP contribution in [0.1, 0.15) is 37.3 Å². The Morgan fingerprint density at radius 2 is 1.75 bits per heavy atom. The summed E-state index contributed by atoms with van der Waals surface area (Å²) in [5, 5.41) is 20.9. The molecule has 2 heterocycles. The number of hydrogen-bond donors (Lipinski definition) is 2. The number of phenols is 2. The third-order valence-electron chi connectivity index (χ3n) is 6.05. The number of aromatic hydroxyl groups is 2. The Balaban J connectivity index is 1.78. The number of methoxy groups -OCH3 is 1. The van der Waals surface area contributed by atoms with Gasteiger partial charge in [-0.2, -0.15) is 0 Å². The van der Waals surface area contributed by atoms with Crippen LogP contribution in [0.5, 0.6) is 28.7 Å². The quantitative estimate of drug-likeness (QED) is 0.294. The Hall–Kier alpha value is -4.46. The zero-order valence-corrected chi connectivity index (χ0v) is 19.9. The summed E-state index contributed by atoms with van der Waals surface area (Å²) >= 11 is 0. The summed E-state index contributed by atoms with van der Waals surface area (Å²) in [6.07, 6.45) is -0.118. The van der Waals surface area contributed by atoms with Crippen LogP contribution in [0.3, 0.4) is 0 Å². The lowest BCUT2D eigenvalue weighted by atomic mass is 9.84. The van der Waals surface area contributed by atoms with Gasteiger partial charge in [-0.25, -0.2) is 0 Å². The van der Waals surface area contributed by atoms with Crippen LogP contribution in [0.25, 0.3) is 22.3 Å². The first-order chi connectivity index (χ1) is 17.3. The second kappa shape index (κ2) is 8.96. The lowest BCUT2D eigenvalue weighted by Gasteiger charge is -2.27. The molecule has 0 amide bonds. The van der Waals surface area contributed by atoms with Crippen LogP contribution in [0.4, 0.5) is 0 Å². The van der Waals surface area contributed by atoms with Crippen molar-refractivity contribution in [2.45, 2.75) is 32.3 Å². The molecule has 1 aliphatic rings. The Morgan fingerprint density at radius 1 is 0.972 bits per heavy atom.